The molecule has 1 aromatic heterocycles. The van der Waals surface area contributed by atoms with Crippen LogP contribution in [0.1, 0.15) is 12.0 Å². The van der Waals surface area contributed by atoms with E-state index in [2.05, 4.69) is 10.3 Å². The van der Waals surface area contributed by atoms with Crippen LogP contribution in [0.15, 0.2) is 53.6 Å². The minimum Gasteiger partial charge on any atom is -0.379 e. The summed E-state index contributed by atoms with van der Waals surface area (Å²) >= 11 is 6.17. The number of fused-ring (bicyclic) bond motifs is 1. The Labute approximate surface area is 180 Å². The number of halogens is 1. The van der Waals surface area contributed by atoms with Crippen LogP contribution in [-0.2, 0) is 26.0 Å². The number of rotatable bonds is 6. The van der Waals surface area contributed by atoms with Gasteiger partial charge in [-0.25, -0.2) is 8.42 Å². The van der Waals surface area contributed by atoms with Gasteiger partial charge in [-0.1, -0.05) is 29.8 Å². The monoisotopic (exact) mass is 447 g/mol. The normalized spacial score (nSPS) is 15.4. The number of para-hydroxylation sites is 1. The van der Waals surface area contributed by atoms with Crippen molar-refractivity contribution in [1.82, 2.24) is 9.29 Å². The van der Waals surface area contributed by atoms with Gasteiger partial charge in [0.05, 0.1) is 18.2 Å². The average Bonchev–Trinajstić information content (AvgIpc) is 3.17. The number of H-pyrrole nitrogens is 1. The number of sulfonamides is 1. The van der Waals surface area contributed by atoms with Crippen molar-refractivity contribution in [3.05, 3.63) is 59.2 Å². The number of nitrogens with one attached hydrogen (secondary N) is 2. The third-order valence-corrected chi connectivity index (χ3v) is 7.48. The van der Waals surface area contributed by atoms with Crippen molar-refractivity contribution in [2.24, 2.45) is 0 Å². The van der Waals surface area contributed by atoms with E-state index in [0.717, 1.165) is 16.5 Å². The van der Waals surface area contributed by atoms with Crippen LogP contribution in [-0.4, -0.2) is 49.9 Å². The molecule has 0 saturated carbocycles. The van der Waals surface area contributed by atoms with Gasteiger partial charge in [0.1, 0.15) is 4.90 Å². The van der Waals surface area contributed by atoms with E-state index in [4.69, 9.17) is 16.3 Å². The minimum absolute atomic E-state index is 0.0134. The summed E-state index contributed by atoms with van der Waals surface area (Å²) in [4.78, 5) is 15.6. The molecule has 30 heavy (non-hydrogen) atoms. The molecule has 2 heterocycles. The number of nitrogens with zero attached hydrogens (tertiary/aromatic N) is 1. The van der Waals surface area contributed by atoms with E-state index in [-0.39, 0.29) is 35.3 Å². The largest absolute Gasteiger partial charge is 0.379 e. The van der Waals surface area contributed by atoms with Crippen LogP contribution in [0, 0.1) is 0 Å². The fourth-order valence-corrected chi connectivity index (χ4v) is 5.42. The molecule has 2 N–H and O–H groups in total. The summed E-state index contributed by atoms with van der Waals surface area (Å²) < 4.78 is 32.4. The third kappa shape index (κ3) is 4.37. The Morgan fingerprint density at radius 1 is 1.17 bits per heavy atom. The van der Waals surface area contributed by atoms with Crippen molar-refractivity contribution in [2.75, 3.05) is 31.6 Å². The van der Waals surface area contributed by atoms with Crippen LogP contribution in [0.25, 0.3) is 10.9 Å². The summed E-state index contributed by atoms with van der Waals surface area (Å²) in [6, 6.07) is 12.4. The van der Waals surface area contributed by atoms with E-state index in [0.29, 0.717) is 25.3 Å². The topological polar surface area (TPSA) is 91.5 Å². The number of carbonyl (C=O) groups excluding carboxylic acids is 1. The standard InChI is InChI=1S/C21H22ClN3O4S/c22-18-7-6-16(13-20(18)30(27,28)25-9-11-29-12-10-25)24-21(26)8-5-15-14-23-19-4-2-1-3-17(15)19/h1-4,6-7,13-14,23H,5,8-12H2,(H,24,26). The number of carbonyl (C=O) groups is 1. The predicted molar refractivity (Wildman–Crippen MR) is 116 cm³/mol. The van der Waals surface area contributed by atoms with Crippen molar-refractivity contribution < 1.29 is 17.9 Å². The molecule has 0 spiro atoms. The Morgan fingerprint density at radius 2 is 1.93 bits per heavy atom. The highest BCUT2D eigenvalue weighted by molar-refractivity contribution is 7.89. The zero-order valence-corrected chi connectivity index (χ0v) is 17.8. The Hall–Kier alpha value is -2.39. The summed E-state index contributed by atoms with van der Waals surface area (Å²) in [5.41, 5.74) is 2.49. The Balaban J connectivity index is 1.45. The van der Waals surface area contributed by atoms with Crippen LogP contribution in [0.4, 0.5) is 5.69 Å². The molecule has 7 nitrogen and oxygen atoms in total. The quantitative estimate of drug-likeness (QED) is 0.605. The maximum Gasteiger partial charge on any atom is 0.244 e. The van der Waals surface area contributed by atoms with Crippen molar-refractivity contribution in [2.45, 2.75) is 17.7 Å². The zero-order valence-electron chi connectivity index (χ0n) is 16.2. The number of aromatic amines is 1. The van der Waals surface area contributed by atoms with E-state index in [1.54, 1.807) is 6.07 Å². The van der Waals surface area contributed by atoms with Crippen molar-refractivity contribution in [1.29, 1.82) is 0 Å². The highest BCUT2D eigenvalue weighted by Gasteiger charge is 2.28. The van der Waals surface area contributed by atoms with Crippen LogP contribution >= 0.6 is 11.6 Å². The van der Waals surface area contributed by atoms with E-state index in [1.165, 1.54) is 16.4 Å². The highest BCUT2D eigenvalue weighted by Crippen LogP contribution is 2.28. The first-order valence-corrected chi connectivity index (χ1v) is 11.5. The lowest BCUT2D eigenvalue weighted by Crippen LogP contribution is -2.40. The second kappa shape index (κ2) is 8.77. The SMILES string of the molecule is O=C(CCc1c[nH]c2ccccc12)Nc1ccc(Cl)c(S(=O)(=O)N2CCOCC2)c1. The van der Waals surface area contributed by atoms with Crippen molar-refractivity contribution in [3.63, 3.8) is 0 Å². The number of hydrogen-bond donors (Lipinski definition) is 2. The number of benzene rings is 2. The maximum atomic E-state index is 12.9. The molecule has 0 aliphatic carbocycles. The lowest BCUT2D eigenvalue weighted by Gasteiger charge is -2.26. The number of ether oxygens (including phenoxy) is 1. The molecule has 0 atom stereocenters. The van der Waals surface area contributed by atoms with E-state index in [9.17, 15) is 13.2 Å². The summed E-state index contributed by atoms with van der Waals surface area (Å²) in [7, 11) is -3.76. The second-order valence-corrected chi connectivity index (χ2v) is 9.38. The Kier molecular flexibility index (Phi) is 6.10. The van der Waals surface area contributed by atoms with Gasteiger partial charge in [-0.3, -0.25) is 4.79 Å². The van der Waals surface area contributed by atoms with Crippen LogP contribution in [0.5, 0.6) is 0 Å². The molecular formula is C21H22ClN3O4S. The zero-order chi connectivity index (χ0) is 21.1. The number of morpholine rings is 1. The molecule has 1 aliphatic rings. The van der Waals surface area contributed by atoms with E-state index < -0.39 is 10.0 Å². The van der Waals surface area contributed by atoms with Crippen LogP contribution < -0.4 is 5.32 Å². The van der Waals surface area contributed by atoms with E-state index >= 15 is 0 Å². The lowest BCUT2D eigenvalue weighted by molar-refractivity contribution is -0.116. The van der Waals surface area contributed by atoms with Gasteiger partial charge in [-0.2, -0.15) is 4.31 Å². The predicted octanol–water partition coefficient (Wildman–Crippen LogP) is 3.41. The Bertz CT molecular complexity index is 1170. The number of hydrogen-bond acceptors (Lipinski definition) is 4. The molecule has 0 unspecified atom stereocenters. The molecule has 9 heteroatoms. The molecule has 2 aromatic carbocycles. The fourth-order valence-electron chi connectivity index (χ4n) is 3.51. The van der Waals surface area contributed by atoms with Gasteiger partial charge in [-0.15, -0.1) is 0 Å². The minimum atomic E-state index is -3.76. The van der Waals surface area contributed by atoms with Crippen molar-refractivity contribution >= 4 is 44.1 Å². The fraction of sp³-hybridized carbons (Fsp3) is 0.286. The first kappa shape index (κ1) is 20.9. The van der Waals surface area contributed by atoms with Gasteiger partial charge in [0.25, 0.3) is 0 Å². The van der Waals surface area contributed by atoms with Gasteiger partial charge in [0, 0.05) is 42.3 Å². The maximum absolute atomic E-state index is 12.9. The Morgan fingerprint density at radius 3 is 2.73 bits per heavy atom. The van der Waals surface area contributed by atoms with Crippen LogP contribution in [0.3, 0.4) is 0 Å². The molecule has 1 aliphatic heterocycles. The second-order valence-electron chi connectivity index (χ2n) is 7.07. The van der Waals surface area contributed by atoms with Gasteiger partial charge in [-0.05, 0) is 36.2 Å². The lowest BCUT2D eigenvalue weighted by atomic mass is 10.1. The number of amides is 1. The van der Waals surface area contributed by atoms with Gasteiger partial charge < -0.3 is 15.0 Å². The molecule has 1 fully saturated rings. The average molecular weight is 448 g/mol. The van der Waals surface area contributed by atoms with Crippen molar-refractivity contribution in [3.8, 4) is 0 Å². The molecule has 0 bridgehead atoms. The molecule has 3 aromatic rings. The molecule has 158 valence electrons. The first-order valence-electron chi connectivity index (χ1n) is 9.67. The number of aromatic nitrogens is 1. The summed E-state index contributed by atoms with van der Waals surface area (Å²) in [5.74, 6) is -0.197. The molecule has 1 amide bonds. The van der Waals surface area contributed by atoms with Gasteiger partial charge in [0.15, 0.2) is 0 Å². The van der Waals surface area contributed by atoms with Gasteiger partial charge in [0.2, 0.25) is 15.9 Å². The molecular weight excluding hydrogens is 426 g/mol. The van der Waals surface area contributed by atoms with Crippen LogP contribution in [0.2, 0.25) is 5.02 Å². The summed E-state index contributed by atoms with van der Waals surface area (Å²) in [6.07, 6.45) is 2.76. The smallest absolute Gasteiger partial charge is 0.244 e. The molecule has 0 radical (unpaired) electrons. The number of anilines is 1. The number of aryl methyl sites for hydroxylation is 1. The summed E-state index contributed by atoms with van der Waals surface area (Å²) in [6.45, 7) is 1.25. The first-order chi connectivity index (χ1) is 14.4. The van der Waals surface area contributed by atoms with E-state index in [1.807, 2.05) is 30.5 Å². The third-order valence-electron chi connectivity index (χ3n) is 5.10. The molecule has 4 rings (SSSR count). The molecule has 1 saturated heterocycles. The summed E-state index contributed by atoms with van der Waals surface area (Å²) in [5, 5.41) is 4.00. The van der Waals surface area contributed by atoms with Gasteiger partial charge >= 0.3 is 0 Å². The highest BCUT2D eigenvalue weighted by atomic mass is 35.5.